The van der Waals surface area contributed by atoms with Crippen molar-refractivity contribution in [2.75, 3.05) is 0 Å². The van der Waals surface area contributed by atoms with E-state index in [2.05, 4.69) is 16.4 Å². The summed E-state index contributed by atoms with van der Waals surface area (Å²) in [5, 5.41) is 2.87. The molecule has 1 aliphatic carbocycles. The average molecular weight is 256 g/mol. The van der Waals surface area contributed by atoms with Crippen molar-refractivity contribution in [1.82, 2.24) is 10.3 Å². The zero-order valence-corrected chi connectivity index (χ0v) is 10.3. The first-order valence-corrected chi connectivity index (χ1v) is 6.25. The van der Waals surface area contributed by atoms with Gasteiger partial charge >= 0.3 is 0 Å². The SMILES string of the molecule is O=C(NC1CCc2ccccc21)c1cccnc1F. The first-order valence-electron chi connectivity index (χ1n) is 6.25. The summed E-state index contributed by atoms with van der Waals surface area (Å²) in [6.07, 6.45) is 3.13. The smallest absolute Gasteiger partial charge is 0.256 e. The molecule has 0 fully saturated rings. The van der Waals surface area contributed by atoms with Crippen molar-refractivity contribution >= 4 is 5.91 Å². The second-order valence-electron chi connectivity index (χ2n) is 4.61. The van der Waals surface area contributed by atoms with Gasteiger partial charge in [-0.1, -0.05) is 24.3 Å². The van der Waals surface area contributed by atoms with Crippen LogP contribution in [0, 0.1) is 5.95 Å². The molecule has 3 nitrogen and oxygen atoms in total. The highest BCUT2D eigenvalue weighted by Gasteiger charge is 2.24. The minimum atomic E-state index is -0.730. The minimum Gasteiger partial charge on any atom is -0.345 e. The first-order chi connectivity index (χ1) is 9.25. The molecule has 1 unspecified atom stereocenters. The monoisotopic (exact) mass is 256 g/mol. The fourth-order valence-corrected chi connectivity index (χ4v) is 2.50. The van der Waals surface area contributed by atoms with Crippen molar-refractivity contribution in [3.05, 3.63) is 65.2 Å². The Hall–Kier alpha value is -2.23. The van der Waals surface area contributed by atoms with E-state index in [1.165, 1.54) is 17.8 Å². The summed E-state index contributed by atoms with van der Waals surface area (Å²) >= 11 is 0. The topological polar surface area (TPSA) is 42.0 Å². The van der Waals surface area contributed by atoms with E-state index in [0.717, 1.165) is 18.4 Å². The molecule has 2 aromatic rings. The second kappa shape index (κ2) is 4.80. The molecule has 0 saturated carbocycles. The molecule has 1 atom stereocenters. The number of hydrogen-bond acceptors (Lipinski definition) is 2. The predicted molar refractivity (Wildman–Crippen MR) is 69.2 cm³/mol. The third kappa shape index (κ3) is 2.21. The van der Waals surface area contributed by atoms with Gasteiger partial charge in [-0.3, -0.25) is 4.79 Å². The maximum atomic E-state index is 13.4. The number of carbonyl (C=O) groups is 1. The second-order valence-corrected chi connectivity index (χ2v) is 4.61. The van der Waals surface area contributed by atoms with Crippen molar-refractivity contribution in [3.63, 3.8) is 0 Å². The molecular formula is C15H13FN2O. The maximum absolute atomic E-state index is 13.4. The summed E-state index contributed by atoms with van der Waals surface area (Å²) in [7, 11) is 0. The molecule has 0 bridgehead atoms. The Labute approximate surface area is 110 Å². The van der Waals surface area contributed by atoms with Crippen molar-refractivity contribution < 1.29 is 9.18 Å². The summed E-state index contributed by atoms with van der Waals surface area (Å²) in [6.45, 7) is 0. The molecule has 96 valence electrons. The van der Waals surface area contributed by atoms with E-state index < -0.39 is 11.9 Å². The van der Waals surface area contributed by atoms with E-state index in [1.807, 2.05) is 18.2 Å². The number of aromatic nitrogens is 1. The number of fused-ring (bicyclic) bond motifs is 1. The van der Waals surface area contributed by atoms with Gasteiger partial charge in [0.25, 0.3) is 5.91 Å². The summed E-state index contributed by atoms with van der Waals surface area (Å²) in [5.74, 6) is -1.14. The van der Waals surface area contributed by atoms with Crippen LogP contribution in [0.3, 0.4) is 0 Å². The van der Waals surface area contributed by atoms with Crippen LogP contribution in [-0.2, 0) is 6.42 Å². The third-order valence-corrected chi connectivity index (χ3v) is 3.44. The Morgan fingerprint density at radius 3 is 2.95 bits per heavy atom. The largest absolute Gasteiger partial charge is 0.345 e. The molecule has 0 radical (unpaired) electrons. The fraction of sp³-hybridized carbons (Fsp3) is 0.200. The van der Waals surface area contributed by atoms with Gasteiger partial charge in [0, 0.05) is 6.20 Å². The number of pyridine rings is 1. The number of aryl methyl sites for hydroxylation is 1. The summed E-state index contributed by atoms with van der Waals surface area (Å²) in [5.41, 5.74) is 2.37. The van der Waals surface area contributed by atoms with Crippen LogP contribution in [0.1, 0.15) is 33.9 Å². The van der Waals surface area contributed by atoms with Crippen LogP contribution in [0.4, 0.5) is 4.39 Å². The third-order valence-electron chi connectivity index (χ3n) is 3.44. The van der Waals surface area contributed by atoms with Gasteiger partial charge in [-0.15, -0.1) is 0 Å². The highest BCUT2D eigenvalue weighted by molar-refractivity contribution is 5.94. The molecule has 19 heavy (non-hydrogen) atoms. The van der Waals surface area contributed by atoms with Crippen LogP contribution in [-0.4, -0.2) is 10.9 Å². The first kappa shape index (κ1) is 11.8. The van der Waals surface area contributed by atoms with Gasteiger partial charge in [-0.2, -0.15) is 4.39 Å². The van der Waals surface area contributed by atoms with Crippen molar-refractivity contribution in [2.24, 2.45) is 0 Å². The van der Waals surface area contributed by atoms with Crippen LogP contribution in [0.2, 0.25) is 0 Å². The molecule has 0 spiro atoms. The van der Waals surface area contributed by atoms with E-state index in [1.54, 1.807) is 6.07 Å². The van der Waals surface area contributed by atoms with Gasteiger partial charge in [0.2, 0.25) is 5.95 Å². The van der Waals surface area contributed by atoms with Crippen LogP contribution in [0.5, 0.6) is 0 Å². The van der Waals surface area contributed by atoms with Gasteiger partial charge < -0.3 is 5.32 Å². The number of carbonyl (C=O) groups excluding carboxylic acids is 1. The average Bonchev–Trinajstić information content (AvgIpc) is 2.83. The van der Waals surface area contributed by atoms with Gasteiger partial charge in [0.05, 0.1) is 11.6 Å². The maximum Gasteiger partial charge on any atom is 0.256 e. The number of hydrogen-bond donors (Lipinski definition) is 1. The van der Waals surface area contributed by atoms with Gasteiger partial charge in [0.1, 0.15) is 0 Å². The van der Waals surface area contributed by atoms with Crippen LogP contribution < -0.4 is 5.32 Å². The van der Waals surface area contributed by atoms with Crippen LogP contribution in [0.15, 0.2) is 42.6 Å². The molecular weight excluding hydrogens is 243 g/mol. The molecule has 1 amide bonds. The molecule has 0 aliphatic heterocycles. The lowest BCUT2D eigenvalue weighted by molar-refractivity contribution is 0.0931. The van der Waals surface area contributed by atoms with E-state index in [0.29, 0.717) is 0 Å². The van der Waals surface area contributed by atoms with Crippen LogP contribution in [0.25, 0.3) is 0 Å². The summed E-state index contributed by atoms with van der Waals surface area (Å²) < 4.78 is 13.4. The Morgan fingerprint density at radius 2 is 2.11 bits per heavy atom. The Bertz CT molecular complexity index is 627. The van der Waals surface area contributed by atoms with Crippen molar-refractivity contribution in [1.29, 1.82) is 0 Å². The molecule has 3 rings (SSSR count). The molecule has 1 N–H and O–H groups in total. The number of nitrogens with zero attached hydrogens (tertiary/aromatic N) is 1. The van der Waals surface area contributed by atoms with Crippen molar-refractivity contribution in [2.45, 2.75) is 18.9 Å². The zero-order chi connectivity index (χ0) is 13.2. The molecule has 0 saturated heterocycles. The molecule has 1 aromatic heterocycles. The van der Waals surface area contributed by atoms with E-state index in [9.17, 15) is 9.18 Å². The number of rotatable bonds is 2. The lowest BCUT2D eigenvalue weighted by atomic mass is 10.1. The molecule has 4 heteroatoms. The molecule has 1 aromatic carbocycles. The predicted octanol–water partition coefficient (Wildman–Crippen LogP) is 2.64. The zero-order valence-electron chi connectivity index (χ0n) is 10.3. The standard InChI is InChI=1S/C15H13FN2O/c16-14-12(6-3-9-17-14)15(19)18-13-8-7-10-4-1-2-5-11(10)13/h1-6,9,13H,7-8H2,(H,18,19). The van der Waals surface area contributed by atoms with Gasteiger partial charge in [-0.25, -0.2) is 4.98 Å². The quantitative estimate of drug-likeness (QED) is 0.839. The normalized spacial score (nSPS) is 17.0. The highest BCUT2D eigenvalue weighted by Crippen LogP contribution is 2.30. The van der Waals surface area contributed by atoms with E-state index in [4.69, 9.17) is 0 Å². The van der Waals surface area contributed by atoms with Gasteiger partial charge in [-0.05, 0) is 36.1 Å². The fourth-order valence-electron chi connectivity index (χ4n) is 2.50. The highest BCUT2D eigenvalue weighted by atomic mass is 19.1. The van der Waals surface area contributed by atoms with E-state index in [-0.39, 0.29) is 11.6 Å². The minimum absolute atomic E-state index is 0.00752. The van der Waals surface area contributed by atoms with Gasteiger partial charge in [0.15, 0.2) is 0 Å². The Morgan fingerprint density at radius 1 is 1.26 bits per heavy atom. The lowest BCUT2D eigenvalue weighted by Gasteiger charge is -2.14. The van der Waals surface area contributed by atoms with Crippen molar-refractivity contribution in [3.8, 4) is 0 Å². The lowest BCUT2D eigenvalue weighted by Crippen LogP contribution is -2.28. The molecule has 1 aliphatic rings. The Kier molecular flexibility index (Phi) is 2.99. The number of amides is 1. The Balaban J connectivity index is 1.81. The number of nitrogens with one attached hydrogen (secondary N) is 1. The summed E-state index contributed by atoms with van der Waals surface area (Å²) in [6, 6.07) is 11.0. The van der Waals surface area contributed by atoms with E-state index >= 15 is 0 Å². The molecule has 1 heterocycles. The van der Waals surface area contributed by atoms with Crippen LogP contribution >= 0.6 is 0 Å². The number of halogens is 1. The summed E-state index contributed by atoms with van der Waals surface area (Å²) in [4.78, 5) is 15.5. The number of benzene rings is 1.